The summed E-state index contributed by atoms with van der Waals surface area (Å²) in [6.45, 7) is 0. The quantitative estimate of drug-likeness (QED) is 0.744. The lowest BCUT2D eigenvalue weighted by atomic mass is 10.0. The van der Waals surface area contributed by atoms with Crippen molar-refractivity contribution in [2.24, 2.45) is 7.05 Å². The summed E-state index contributed by atoms with van der Waals surface area (Å²) in [5, 5.41) is 5.19. The zero-order chi connectivity index (χ0) is 15.0. The molecule has 106 valence electrons. The molecule has 1 aromatic carbocycles. The standard InChI is InChI=1S/C15H12BrClN4/c1-21-15(18)13(10-3-2-6-19-8-10)14(20-21)9-4-5-12(17)11(16)7-9/h2-8H,18H2,1H3. The monoisotopic (exact) mass is 362 g/mol. The van der Waals surface area contributed by atoms with Gasteiger partial charge in [0.15, 0.2) is 0 Å². The Balaban J connectivity index is 2.24. The second kappa shape index (κ2) is 5.50. The summed E-state index contributed by atoms with van der Waals surface area (Å²) in [5.41, 5.74) is 9.73. The molecule has 0 fully saturated rings. The molecular formula is C15H12BrClN4. The number of anilines is 1. The molecule has 0 aliphatic carbocycles. The highest BCUT2D eigenvalue weighted by Crippen LogP contribution is 2.37. The van der Waals surface area contributed by atoms with E-state index in [-0.39, 0.29) is 0 Å². The van der Waals surface area contributed by atoms with Gasteiger partial charge in [-0.1, -0.05) is 23.7 Å². The van der Waals surface area contributed by atoms with Crippen LogP contribution >= 0.6 is 27.5 Å². The molecule has 3 aromatic rings. The summed E-state index contributed by atoms with van der Waals surface area (Å²) in [7, 11) is 1.82. The highest BCUT2D eigenvalue weighted by atomic mass is 79.9. The fourth-order valence-corrected chi connectivity index (χ4v) is 2.67. The number of nitrogens with zero attached hydrogens (tertiary/aromatic N) is 3. The van der Waals surface area contributed by atoms with Gasteiger partial charge < -0.3 is 5.73 Å². The van der Waals surface area contributed by atoms with Crippen LogP contribution in [0, 0.1) is 0 Å². The Labute approximate surface area is 135 Å². The summed E-state index contributed by atoms with van der Waals surface area (Å²) < 4.78 is 2.49. The Bertz CT molecular complexity index is 799. The lowest BCUT2D eigenvalue weighted by molar-refractivity contribution is 0.782. The maximum Gasteiger partial charge on any atom is 0.129 e. The normalized spacial score (nSPS) is 10.8. The van der Waals surface area contributed by atoms with Crippen LogP contribution in [0.1, 0.15) is 0 Å². The second-order valence-corrected chi connectivity index (χ2v) is 5.86. The highest BCUT2D eigenvalue weighted by molar-refractivity contribution is 9.10. The molecule has 0 bridgehead atoms. The summed E-state index contributed by atoms with van der Waals surface area (Å²) in [5.74, 6) is 0.601. The Morgan fingerprint density at radius 3 is 2.71 bits per heavy atom. The van der Waals surface area contributed by atoms with Gasteiger partial charge in [-0.3, -0.25) is 9.67 Å². The van der Waals surface area contributed by atoms with E-state index in [0.29, 0.717) is 10.8 Å². The van der Waals surface area contributed by atoms with Gasteiger partial charge in [0.2, 0.25) is 0 Å². The van der Waals surface area contributed by atoms with Crippen LogP contribution in [0.2, 0.25) is 5.02 Å². The number of aryl methyl sites for hydroxylation is 1. The molecule has 2 aromatic heterocycles. The number of halogens is 2. The molecule has 0 saturated carbocycles. The second-order valence-electron chi connectivity index (χ2n) is 4.60. The van der Waals surface area contributed by atoms with E-state index >= 15 is 0 Å². The predicted molar refractivity (Wildman–Crippen MR) is 89.0 cm³/mol. The van der Waals surface area contributed by atoms with Gasteiger partial charge in [0.05, 0.1) is 10.6 Å². The number of hydrogen-bond acceptors (Lipinski definition) is 3. The minimum Gasteiger partial charge on any atom is -0.383 e. The van der Waals surface area contributed by atoms with Crippen LogP contribution in [0.3, 0.4) is 0 Å². The third-order valence-corrected chi connectivity index (χ3v) is 4.45. The average Bonchev–Trinajstić information content (AvgIpc) is 2.79. The maximum atomic E-state index is 6.18. The summed E-state index contributed by atoms with van der Waals surface area (Å²) in [6.07, 6.45) is 3.51. The molecule has 0 aliphatic rings. The van der Waals surface area contributed by atoms with Crippen LogP contribution in [-0.4, -0.2) is 14.8 Å². The van der Waals surface area contributed by atoms with Crippen LogP contribution in [-0.2, 0) is 7.05 Å². The number of benzene rings is 1. The van der Waals surface area contributed by atoms with Gasteiger partial charge in [-0.05, 0) is 34.1 Å². The van der Waals surface area contributed by atoms with Crippen molar-refractivity contribution < 1.29 is 0 Å². The number of nitrogens with two attached hydrogens (primary N) is 1. The topological polar surface area (TPSA) is 56.7 Å². The molecule has 4 nitrogen and oxygen atoms in total. The fourth-order valence-electron chi connectivity index (χ4n) is 2.18. The molecule has 6 heteroatoms. The molecule has 0 unspecified atom stereocenters. The lowest BCUT2D eigenvalue weighted by Gasteiger charge is -2.05. The van der Waals surface area contributed by atoms with Gasteiger partial charge in [0.1, 0.15) is 11.5 Å². The molecule has 2 heterocycles. The molecular weight excluding hydrogens is 352 g/mol. The van der Waals surface area contributed by atoms with E-state index in [9.17, 15) is 0 Å². The Morgan fingerprint density at radius 2 is 2.05 bits per heavy atom. The molecule has 3 rings (SSSR count). The van der Waals surface area contributed by atoms with Crippen molar-refractivity contribution in [2.45, 2.75) is 0 Å². The van der Waals surface area contributed by atoms with Crippen molar-refractivity contribution in [3.05, 3.63) is 52.2 Å². The first-order valence-corrected chi connectivity index (χ1v) is 7.43. The lowest BCUT2D eigenvalue weighted by Crippen LogP contribution is -1.98. The van der Waals surface area contributed by atoms with E-state index in [1.807, 2.05) is 37.4 Å². The molecule has 0 spiro atoms. The van der Waals surface area contributed by atoms with Gasteiger partial charge in [-0.15, -0.1) is 0 Å². The van der Waals surface area contributed by atoms with E-state index in [1.165, 1.54) is 0 Å². The summed E-state index contributed by atoms with van der Waals surface area (Å²) in [4.78, 5) is 4.15. The SMILES string of the molecule is Cn1nc(-c2ccc(Cl)c(Br)c2)c(-c2cccnc2)c1N. The number of pyridine rings is 1. The Morgan fingerprint density at radius 1 is 1.24 bits per heavy atom. The van der Waals surface area contributed by atoms with Gasteiger partial charge in [0.25, 0.3) is 0 Å². The zero-order valence-electron chi connectivity index (χ0n) is 11.2. The third kappa shape index (κ3) is 2.54. The van der Waals surface area contributed by atoms with Crippen molar-refractivity contribution in [2.75, 3.05) is 5.73 Å². The molecule has 0 atom stereocenters. The maximum absolute atomic E-state index is 6.18. The van der Waals surface area contributed by atoms with E-state index in [1.54, 1.807) is 17.1 Å². The molecule has 0 aliphatic heterocycles. The minimum absolute atomic E-state index is 0.601. The van der Waals surface area contributed by atoms with Crippen molar-refractivity contribution in [1.29, 1.82) is 0 Å². The number of nitrogen functional groups attached to an aromatic ring is 1. The number of rotatable bonds is 2. The van der Waals surface area contributed by atoms with Gasteiger partial charge in [-0.25, -0.2) is 0 Å². The Kier molecular flexibility index (Phi) is 3.69. The molecule has 0 saturated heterocycles. The zero-order valence-corrected chi connectivity index (χ0v) is 13.6. The molecule has 2 N–H and O–H groups in total. The largest absolute Gasteiger partial charge is 0.383 e. The van der Waals surface area contributed by atoms with Crippen molar-refractivity contribution in [3.63, 3.8) is 0 Å². The minimum atomic E-state index is 0.601. The van der Waals surface area contributed by atoms with Crippen LogP contribution in [0.4, 0.5) is 5.82 Å². The Hall–Kier alpha value is -1.85. The summed E-state index contributed by atoms with van der Waals surface area (Å²) in [6, 6.07) is 9.54. The van der Waals surface area contributed by atoms with Crippen LogP contribution in [0.25, 0.3) is 22.4 Å². The van der Waals surface area contributed by atoms with Crippen molar-refractivity contribution in [3.8, 4) is 22.4 Å². The van der Waals surface area contributed by atoms with Crippen molar-refractivity contribution in [1.82, 2.24) is 14.8 Å². The average molecular weight is 364 g/mol. The van der Waals surface area contributed by atoms with Crippen LogP contribution in [0.5, 0.6) is 0 Å². The first-order chi connectivity index (χ1) is 10.1. The first-order valence-electron chi connectivity index (χ1n) is 6.26. The van der Waals surface area contributed by atoms with E-state index in [4.69, 9.17) is 17.3 Å². The third-order valence-electron chi connectivity index (χ3n) is 3.23. The van der Waals surface area contributed by atoms with Crippen molar-refractivity contribution >= 4 is 33.3 Å². The summed E-state index contributed by atoms with van der Waals surface area (Å²) >= 11 is 9.49. The molecule has 21 heavy (non-hydrogen) atoms. The number of hydrogen-bond donors (Lipinski definition) is 1. The molecule has 0 radical (unpaired) electrons. The van der Waals surface area contributed by atoms with Gasteiger partial charge in [0, 0.05) is 35.0 Å². The fraction of sp³-hybridized carbons (Fsp3) is 0.0667. The van der Waals surface area contributed by atoms with E-state index in [0.717, 1.165) is 26.9 Å². The predicted octanol–water partition coefficient (Wildman–Crippen LogP) is 4.15. The van der Waals surface area contributed by atoms with E-state index in [2.05, 4.69) is 26.0 Å². The van der Waals surface area contributed by atoms with E-state index < -0.39 is 0 Å². The van der Waals surface area contributed by atoms with Gasteiger partial charge in [-0.2, -0.15) is 5.10 Å². The van der Waals surface area contributed by atoms with Gasteiger partial charge >= 0.3 is 0 Å². The van der Waals surface area contributed by atoms with Crippen LogP contribution < -0.4 is 5.73 Å². The first kappa shape index (κ1) is 14.1. The van der Waals surface area contributed by atoms with Crippen LogP contribution in [0.15, 0.2) is 47.2 Å². The number of aromatic nitrogens is 3. The smallest absolute Gasteiger partial charge is 0.129 e. The molecule has 0 amide bonds. The highest BCUT2D eigenvalue weighted by Gasteiger charge is 2.18.